The van der Waals surface area contributed by atoms with E-state index in [0.29, 0.717) is 16.8 Å². The van der Waals surface area contributed by atoms with Crippen LogP contribution >= 0.6 is 15.9 Å². The maximum atomic E-state index is 13.8. The molecular formula is C12H10BrFN2O2. The van der Waals surface area contributed by atoms with Crippen LogP contribution in [0.15, 0.2) is 28.9 Å². The summed E-state index contributed by atoms with van der Waals surface area (Å²) in [6.07, 6.45) is 1.28. The maximum Gasteiger partial charge on any atom is 0.309 e. The number of benzene rings is 1. The number of carboxylic acids is 1. The van der Waals surface area contributed by atoms with Crippen LogP contribution < -0.4 is 0 Å². The molecule has 0 fully saturated rings. The van der Waals surface area contributed by atoms with Crippen LogP contribution in [-0.4, -0.2) is 20.9 Å². The summed E-state index contributed by atoms with van der Waals surface area (Å²) in [5.74, 6) is -1.38. The van der Waals surface area contributed by atoms with Gasteiger partial charge in [-0.15, -0.1) is 0 Å². The fourth-order valence-corrected chi connectivity index (χ4v) is 2.11. The summed E-state index contributed by atoms with van der Waals surface area (Å²) in [4.78, 5) is 10.8. The number of hydrogen-bond acceptors (Lipinski definition) is 2. The Morgan fingerprint density at radius 3 is 2.89 bits per heavy atom. The zero-order valence-corrected chi connectivity index (χ0v) is 11.1. The molecule has 0 aliphatic carbocycles. The van der Waals surface area contributed by atoms with Gasteiger partial charge in [-0.3, -0.25) is 9.48 Å². The molecule has 2 aromatic rings. The lowest BCUT2D eigenvalue weighted by atomic mass is 10.0. The third-order valence-corrected chi connectivity index (χ3v) is 3.09. The predicted octanol–water partition coefficient (Wildman–Crippen LogP) is 2.62. The van der Waals surface area contributed by atoms with Crippen LogP contribution in [-0.2, 0) is 18.3 Å². The van der Waals surface area contributed by atoms with Gasteiger partial charge in [0.2, 0.25) is 0 Å². The number of halogens is 2. The quantitative estimate of drug-likeness (QED) is 0.948. The van der Waals surface area contributed by atoms with E-state index in [1.807, 2.05) is 0 Å². The Balaban J connectivity index is 2.57. The highest BCUT2D eigenvalue weighted by Gasteiger charge is 2.16. The molecule has 0 spiro atoms. The Kier molecular flexibility index (Phi) is 3.47. The van der Waals surface area contributed by atoms with Crippen molar-refractivity contribution in [3.63, 3.8) is 0 Å². The summed E-state index contributed by atoms with van der Waals surface area (Å²) in [5.41, 5.74) is 1.31. The molecule has 1 heterocycles. The summed E-state index contributed by atoms with van der Waals surface area (Å²) < 4.78 is 16.0. The summed E-state index contributed by atoms with van der Waals surface area (Å²) in [6, 6.07) is 4.53. The van der Waals surface area contributed by atoms with E-state index in [0.717, 1.165) is 4.47 Å². The minimum atomic E-state index is -0.977. The van der Waals surface area contributed by atoms with Crippen LogP contribution in [0.5, 0.6) is 0 Å². The van der Waals surface area contributed by atoms with E-state index >= 15 is 0 Å². The first kappa shape index (κ1) is 12.8. The molecule has 18 heavy (non-hydrogen) atoms. The number of carboxylic acid groups (broad SMARTS) is 1. The van der Waals surface area contributed by atoms with E-state index < -0.39 is 11.8 Å². The SMILES string of the molecule is Cn1ncc(-c2cc(Br)ccc2F)c1CC(=O)O. The van der Waals surface area contributed by atoms with Crippen molar-refractivity contribution in [3.8, 4) is 11.1 Å². The molecule has 0 atom stereocenters. The van der Waals surface area contributed by atoms with Gasteiger partial charge in [-0.1, -0.05) is 15.9 Å². The second kappa shape index (κ2) is 4.89. The van der Waals surface area contributed by atoms with Gasteiger partial charge >= 0.3 is 5.97 Å². The lowest BCUT2D eigenvalue weighted by Crippen LogP contribution is -2.07. The molecule has 2 rings (SSSR count). The first-order valence-electron chi connectivity index (χ1n) is 5.17. The molecule has 0 bridgehead atoms. The molecule has 4 nitrogen and oxygen atoms in total. The fourth-order valence-electron chi connectivity index (χ4n) is 1.74. The van der Waals surface area contributed by atoms with Crippen molar-refractivity contribution in [2.24, 2.45) is 7.05 Å². The highest BCUT2D eigenvalue weighted by Crippen LogP contribution is 2.29. The standard InChI is InChI=1S/C12H10BrFN2O2/c1-16-11(5-12(17)18)9(6-15-16)8-4-7(13)2-3-10(8)14/h2-4,6H,5H2,1H3,(H,17,18). The molecule has 0 aliphatic heterocycles. The van der Waals surface area contributed by atoms with Crippen LogP contribution in [0.1, 0.15) is 5.69 Å². The number of nitrogens with zero attached hydrogens (tertiary/aromatic N) is 2. The normalized spacial score (nSPS) is 10.6. The average Bonchev–Trinajstić information content (AvgIpc) is 2.64. The minimum Gasteiger partial charge on any atom is -0.481 e. The van der Waals surface area contributed by atoms with Gasteiger partial charge in [0.1, 0.15) is 5.82 Å². The van der Waals surface area contributed by atoms with Crippen LogP contribution in [0.25, 0.3) is 11.1 Å². The first-order chi connectivity index (χ1) is 8.49. The lowest BCUT2D eigenvalue weighted by Gasteiger charge is -2.05. The van der Waals surface area contributed by atoms with Crippen LogP contribution in [0, 0.1) is 5.82 Å². The van der Waals surface area contributed by atoms with E-state index in [1.165, 1.54) is 16.9 Å². The van der Waals surface area contributed by atoms with Crippen molar-refractivity contribution in [2.45, 2.75) is 6.42 Å². The van der Waals surface area contributed by atoms with E-state index in [9.17, 15) is 9.18 Å². The molecule has 0 saturated carbocycles. The van der Waals surface area contributed by atoms with Gasteiger partial charge < -0.3 is 5.11 Å². The van der Waals surface area contributed by atoms with Crippen LogP contribution in [0.2, 0.25) is 0 Å². The third kappa shape index (κ3) is 2.43. The second-order valence-corrected chi connectivity index (χ2v) is 4.74. The molecule has 1 aromatic heterocycles. The van der Waals surface area contributed by atoms with E-state index in [4.69, 9.17) is 5.11 Å². The van der Waals surface area contributed by atoms with Crippen LogP contribution in [0.3, 0.4) is 0 Å². The second-order valence-electron chi connectivity index (χ2n) is 3.82. The fraction of sp³-hybridized carbons (Fsp3) is 0.167. The Morgan fingerprint density at radius 1 is 1.50 bits per heavy atom. The first-order valence-corrected chi connectivity index (χ1v) is 5.96. The zero-order chi connectivity index (χ0) is 13.3. The van der Waals surface area contributed by atoms with E-state index in [1.54, 1.807) is 19.2 Å². The summed E-state index contributed by atoms with van der Waals surface area (Å²) >= 11 is 3.27. The Bertz CT molecular complexity index is 610. The van der Waals surface area contributed by atoms with Crippen molar-refractivity contribution in [1.29, 1.82) is 0 Å². The van der Waals surface area contributed by atoms with E-state index in [2.05, 4.69) is 21.0 Å². The topological polar surface area (TPSA) is 55.1 Å². The molecular weight excluding hydrogens is 303 g/mol. The largest absolute Gasteiger partial charge is 0.481 e. The number of carbonyl (C=O) groups is 1. The van der Waals surface area contributed by atoms with Crippen molar-refractivity contribution in [3.05, 3.63) is 40.4 Å². The lowest BCUT2D eigenvalue weighted by molar-refractivity contribution is -0.136. The number of aliphatic carboxylic acids is 1. The third-order valence-electron chi connectivity index (χ3n) is 2.60. The monoisotopic (exact) mass is 312 g/mol. The van der Waals surface area contributed by atoms with Gasteiger partial charge in [0, 0.05) is 22.6 Å². The Hall–Kier alpha value is -1.69. The number of aromatic nitrogens is 2. The summed E-state index contributed by atoms with van der Waals surface area (Å²) in [5, 5.41) is 12.8. The van der Waals surface area contributed by atoms with Crippen molar-refractivity contribution in [2.75, 3.05) is 0 Å². The smallest absolute Gasteiger partial charge is 0.309 e. The number of aryl methyl sites for hydroxylation is 1. The maximum absolute atomic E-state index is 13.8. The molecule has 0 saturated heterocycles. The summed E-state index contributed by atoms with van der Waals surface area (Å²) in [7, 11) is 1.64. The average molecular weight is 313 g/mol. The van der Waals surface area contributed by atoms with Crippen molar-refractivity contribution < 1.29 is 14.3 Å². The highest BCUT2D eigenvalue weighted by molar-refractivity contribution is 9.10. The Morgan fingerprint density at radius 2 is 2.22 bits per heavy atom. The molecule has 0 radical (unpaired) electrons. The molecule has 1 N–H and O–H groups in total. The molecule has 1 aromatic carbocycles. The van der Waals surface area contributed by atoms with E-state index in [-0.39, 0.29) is 6.42 Å². The van der Waals surface area contributed by atoms with Gasteiger partial charge in [0.05, 0.1) is 18.3 Å². The number of rotatable bonds is 3. The van der Waals surface area contributed by atoms with Gasteiger partial charge in [-0.05, 0) is 18.2 Å². The Labute approximate surface area is 111 Å². The van der Waals surface area contributed by atoms with Gasteiger partial charge in [0.15, 0.2) is 0 Å². The number of hydrogen-bond donors (Lipinski definition) is 1. The van der Waals surface area contributed by atoms with Gasteiger partial charge in [-0.25, -0.2) is 4.39 Å². The molecule has 0 unspecified atom stereocenters. The predicted molar refractivity (Wildman–Crippen MR) is 67.6 cm³/mol. The van der Waals surface area contributed by atoms with Gasteiger partial charge in [-0.2, -0.15) is 5.10 Å². The molecule has 6 heteroatoms. The molecule has 0 amide bonds. The highest BCUT2D eigenvalue weighted by atomic mass is 79.9. The molecule has 94 valence electrons. The molecule has 0 aliphatic rings. The van der Waals surface area contributed by atoms with Crippen LogP contribution in [0.4, 0.5) is 4.39 Å². The summed E-state index contributed by atoms with van der Waals surface area (Å²) in [6.45, 7) is 0. The zero-order valence-electron chi connectivity index (χ0n) is 9.52. The van der Waals surface area contributed by atoms with Crippen molar-refractivity contribution in [1.82, 2.24) is 9.78 Å². The van der Waals surface area contributed by atoms with Crippen molar-refractivity contribution >= 4 is 21.9 Å². The minimum absolute atomic E-state index is 0.197. The van der Waals surface area contributed by atoms with Gasteiger partial charge in [0.25, 0.3) is 0 Å².